The third-order valence-electron chi connectivity index (χ3n) is 4.26. The van der Waals surface area contributed by atoms with Crippen LogP contribution in [0.4, 0.5) is 10.5 Å². The van der Waals surface area contributed by atoms with E-state index in [1.165, 1.54) is 0 Å². The SMILES string of the molecule is COCCCCN(Cc1ccccc1)C(=O)Nc1c(C)cc(Br)cc1C. The van der Waals surface area contributed by atoms with Crippen molar-refractivity contribution in [1.82, 2.24) is 4.90 Å². The Bertz CT molecular complexity index is 696. The lowest BCUT2D eigenvalue weighted by Gasteiger charge is -2.24. The van der Waals surface area contributed by atoms with E-state index in [9.17, 15) is 4.79 Å². The number of nitrogens with zero attached hydrogens (tertiary/aromatic N) is 1. The van der Waals surface area contributed by atoms with Crippen molar-refractivity contribution in [1.29, 1.82) is 0 Å². The van der Waals surface area contributed by atoms with Crippen LogP contribution in [0.2, 0.25) is 0 Å². The lowest BCUT2D eigenvalue weighted by Crippen LogP contribution is -2.35. The number of carbonyl (C=O) groups is 1. The second-order valence-electron chi connectivity index (χ2n) is 6.45. The Labute approximate surface area is 164 Å². The van der Waals surface area contributed by atoms with Gasteiger partial charge in [0.1, 0.15) is 0 Å². The lowest BCUT2D eigenvalue weighted by atomic mass is 10.1. The van der Waals surface area contributed by atoms with Crippen LogP contribution in [0, 0.1) is 13.8 Å². The van der Waals surface area contributed by atoms with Crippen molar-refractivity contribution in [3.05, 3.63) is 63.6 Å². The number of benzene rings is 2. The molecule has 140 valence electrons. The summed E-state index contributed by atoms with van der Waals surface area (Å²) in [5.41, 5.74) is 4.10. The van der Waals surface area contributed by atoms with Crippen molar-refractivity contribution in [2.45, 2.75) is 33.2 Å². The predicted octanol–water partition coefficient (Wildman–Crippen LogP) is 5.53. The second kappa shape index (κ2) is 10.3. The predicted molar refractivity (Wildman–Crippen MR) is 111 cm³/mol. The molecule has 2 amide bonds. The quantitative estimate of drug-likeness (QED) is 0.572. The smallest absolute Gasteiger partial charge is 0.322 e. The largest absolute Gasteiger partial charge is 0.385 e. The van der Waals surface area contributed by atoms with E-state index < -0.39 is 0 Å². The highest BCUT2D eigenvalue weighted by Gasteiger charge is 2.16. The summed E-state index contributed by atoms with van der Waals surface area (Å²) < 4.78 is 6.14. The molecule has 26 heavy (non-hydrogen) atoms. The van der Waals surface area contributed by atoms with E-state index in [0.29, 0.717) is 19.7 Å². The summed E-state index contributed by atoms with van der Waals surface area (Å²) in [4.78, 5) is 14.8. The number of hydrogen-bond acceptors (Lipinski definition) is 2. The number of rotatable bonds is 8. The fraction of sp³-hybridized carbons (Fsp3) is 0.381. The molecule has 1 N–H and O–H groups in total. The molecular formula is C21H27BrN2O2. The van der Waals surface area contributed by atoms with Gasteiger partial charge in [0.15, 0.2) is 0 Å². The zero-order valence-electron chi connectivity index (χ0n) is 15.7. The van der Waals surface area contributed by atoms with Gasteiger partial charge >= 0.3 is 6.03 Å². The van der Waals surface area contributed by atoms with Crippen molar-refractivity contribution >= 4 is 27.6 Å². The van der Waals surface area contributed by atoms with E-state index in [1.54, 1.807) is 7.11 Å². The number of urea groups is 1. The zero-order chi connectivity index (χ0) is 18.9. The molecule has 0 atom stereocenters. The normalized spacial score (nSPS) is 10.6. The van der Waals surface area contributed by atoms with E-state index in [-0.39, 0.29) is 6.03 Å². The average Bonchev–Trinajstić information content (AvgIpc) is 2.61. The van der Waals surface area contributed by atoms with Crippen LogP contribution in [-0.2, 0) is 11.3 Å². The molecular weight excluding hydrogens is 392 g/mol. The minimum atomic E-state index is -0.0696. The first-order valence-electron chi connectivity index (χ1n) is 8.87. The Kier molecular flexibility index (Phi) is 8.13. The number of ether oxygens (including phenoxy) is 1. The molecule has 5 heteroatoms. The Morgan fingerprint density at radius 3 is 2.38 bits per heavy atom. The highest BCUT2D eigenvalue weighted by atomic mass is 79.9. The summed E-state index contributed by atoms with van der Waals surface area (Å²) in [5, 5.41) is 3.10. The first kappa shape index (κ1) is 20.5. The highest BCUT2D eigenvalue weighted by molar-refractivity contribution is 9.10. The molecule has 0 radical (unpaired) electrons. The molecule has 0 bridgehead atoms. The number of halogens is 1. The zero-order valence-corrected chi connectivity index (χ0v) is 17.3. The van der Waals surface area contributed by atoms with E-state index in [0.717, 1.165) is 39.7 Å². The highest BCUT2D eigenvalue weighted by Crippen LogP contribution is 2.25. The third-order valence-corrected chi connectivity index (χ3v) is 4.72. The van der Waals surface area contributed by atoms with Gasteiger partial charge in [0.25, 0.3) is 0 Å². The molecule has 0 unspecified atom stereocenters. The molecule has 0 aromatic heterocycles. The van der Waals surface area contributed by atoms with Crippen LogP contribution >= 0.6 is 15.9 Å². The molecule has 0 aliphatic rings. The third kappa shape index (κ3) is 6.15. The van der Waals surface area contributed by atoms with Gasteiger partial charge in [0.05, 0.1) is 0 Å². The molecule has 0 heterocycles. The van der Waals surface area contributed by atoms with Gasteiger partial charge in [0.2, 0.25) is 0 Å². The van der Waals surface area contributed by atoms with Gasteiger partial charge in [-0.1, -0.05) is 46.3 Å². The second-order valence-corrected chi connectivity index (χ2v) is 7.37. The van der Waals surface area contributed by atoms with E-state index in [4.69, 9.17) is 4.74 Å². The van der Waals surface area contributed by atoms with Gasteiger partial charge < -0.3 is 15.0 Å². The molecule has 0 aliphatic carbocycles. The molecule has 2 aromatic carbocycles. The van der Waals surface area contributed by atoms with Crippen LogP contribution in [0.3, 0.4) is 0 Å². The minimum absolute atomic E-state index is 0.0696. The lowest BCUT2D eigenvalue weighted by molar-refractivity contribution is 0.182. The summed E-state index contributed by atoms with van der Waals surface area (Å²) >= 11 is 3.50. The maximum absolute atomic E-state index is 12.9. The molecule has 0 spiro atoms. The summed E-state index contributed by atoms with van der Waals surface area (Å²) in [6, 6.07) is 14.0. The molecule has 0 fully saturated rings. The van der Waals surface area contributed by atoms with Crippen molar-refractivity contribution in [2.75, 3.05) is 25.6 Å². The fourth-order valence-electron chi connectivity index (χ4n) is 2.90. The fourth-order valence-corrected chi connectivity index (χ4v) is 3.59. The summed E-state index contributed by atoms with van der Waals surface area (Å²) in [5.74, 6) is 0. The van der Waals surface area contributed by atoms with E-state index >= 15 is 0 Å². The van der Waals surface area contributed by atoms with Gasteiger partial charge in [-0.3, -0.25) is 0 Å². The van der Waals surface area contributed by atoms with Crippen molar-refractivity contribution in [3.63, 3.8) is 0 Å². The summed E-state index contributed by atoms with van der Waals surface area (Å²) in [7, 11) is 1.70. The van der Waals surface area contributed by atoms with Crippen molar-refractivity contribution in [3.8, 4) is 0 Å². The van der Waals surface area contributed by atoms with E-state index in [1.807, 2.05) is 61.2 Å². The topological polar surface area (TPSA) is 41.6 Å². The Morgan fingerprint density at radius 2 is 1.77 bits per heavy atom. The number of anilines is 1. The van der Waals surface area contributed by atoms with Crippen LogP contribution in [0.5, 0.6) is 0 Å². The number of unbranched alkanes of at least 4 members (excludes halogenated alkanes) is 1. The van der Waals surface area contributed by atoms with Crippen LogP contribution in [0.1, 0.15) is 29.5 Å². The van der Waals surface area contributed by atoms with Gasteiger partial charge in [-0.25, -0.2) is 4.79 Å². The van der Waals surface area contributed by atoms with Crippen LogP contribution in [0.15, 0.2) is 46.9 Å². The summed E-state index contributed by atoms with van der Waals surface area (Å²) in [6.45, 7) is 6.01. The standard InChI is InChI=1S/C21H27BrN2O2/c1-16-13-19(22)14-17(2)20(16)23-21(25)24(11-7-8-12-26-3)15-18-9-5-4-6-10-18/h4-6,9-10,13-14H,7-8,11-12,15H2,1-3H3,(H,23,25). The molecule has 4 nitrogen and oxygen atoms in total. The minimum Gasteiger partial charge on any atom is -0.385 e. The monoisotopic (exact) mass is 418 g/mol. The molecule has 2 aromatic rings. The number of carbonyl (C=O) groups excluding carboxylic acids is 1. The van der Waals surface area contributed by atoms with Gasteiger partial charge in [-0.05, 0) is 55.5 Å². The number of methoxy groups -OCH3 is 1. The Hall–Kier alpha value is -1.85. The van der Waals surface area contributed by atoms with Gasteiger partial charge in [-0.15, -0.1) is 0 Å². The molecule has 0 saturated heterocycles. The van der Waals surface area contributed by atoms with Crippen LogP contribution in [0.25, 0.3) is 0 Å². The summed E-state index contributed by atoms with van der Waals surface area (Å²) in [6.07, 6.45) is 1.85. The van der Waals surface area contributed by atoms with Gasteiger partial charge in [0, 0.05) is 37.0 Å². The van der Waals surface area contributed by atoms with Crippen LogP contribution in [-0.4, -0.2) is 31.2 Å². The van der Waals surface area contributed by atoms with Crippen LogP contribution < -0.4 is 5.32 Å². The van der Waals surface area contributed by atoms with Crippen molar-refractivity contribution in [2.24, 2.45) is 0 Å². The van der Waals surface area contributed by atoms with Gasteiger partial charge in [-0.2, -0.15) is 0 Å². The average molecular weight is 419 g/mol. The van der Waals surface area contributed by atoms with Crippen molar-refractivity contribution < 1.29 is 9.53 Å². The van der Waals surface area contributed by atoms with E-state index in [2.05, 4.69) is 21.2 Å². The maximum atomic E-state index is 12.9. The number of amides is 2. The molecule has 2 rings (SSSR count). The number of aryl methyl sites for hydroxylation is 2. The first-order valence-corrected chi connectivity index (χ1v) is 9.66. The maximum Gasteiger partial charge on any atom is 0.322 e. The number of hydrogen-bond donors (Lipinski definition) is 1. The molecule has 0 aliphatic heterocycles. The Morgan fingerprint density at radius 1 is 1.12 bits per heavy atom. The first-order chi connectivity index (χ1) is 12.5. The molecule has 0 saturated carbocycles. The Balaban J connectivity index is 2.11. The number of nitrogens with one attached hydrogen (secondary N) is 1.